The third-order valence-electron chi connectivity index (χ3n) is 3.18. The highest BCUT2D eigenvalue weighted by Gasteiger charge is 2.24. The molecule has 1 heterocycles. The highest BCUT2D eigenvalue weighted by molar-refractivity contribution is 7.91. The average Bonchev–Trinajstić information content (AvgIpc) is 2.16. The first-order valence-corrected chi connectivity index (χ1v) is 7.66. The van der Waals surface area contributed by atoms with E-state index in [1.807, 2.05) is 13.8 Å². The van der Waals surface area contributed by atoms with Crippen molar-refractivity contribution in [3.63, 3.8) is 0 Å². The normalized spacial score (nSPS) is 25.6. The molecule has 0 aromatic rings. The van der Waals surface area contributed by atoms with Crippen molar-refractivity contribution in [1.82, 2.24) is 5.32 Å². The zero-order chi connectivity index (χ0) is 12.2. The summed E-state index contributed by atoms with van der Waals surface area (Å²) in [6.45, 7) is 4.87. The molecule has 0 amide bonds. The van der Waals surface area contributed by atoms with Gasteiger partial charge in [-0.15, -0.1) is 0 Å². The first kappa shape index (κ1) is 13.9. The van der Waals surface area contributed by atoms with Crippen LogP contribution in [0.1, 0.15) is 33.1 Å². The third kappa shape index (κ3) is 4.80. The Balaban J connectivity index is 2.28. The van der Waals surface area contributed by atoms with Crippen LogP contribution in [0.4, 0.5) is 0 Å². The van der Waals surface area contributed by atoms with Gasteiger partial charge in [0.1, 0.15) is 0 Å². The second-order valence-corrected chi connectivity index (χ2v) is 7.35. The van der Waals surface area contributed by atoms with Crippen molar-refractivity contribution in [2.45, 2.75) is 44.8 Å². The quantitative estimate of drug-likeness (QED) is 0.789. The van der Waals surface area contributed by atoms with Crippen molar-refractivity contribution in [3.05, 3.63) is 0 Å². The fourth-order valence-corrected chi connectivity index (χ4v) is 3.53. The van der Waals surface area contributed by atoms with E-state index in [1.165, 1.54) is 0 Å². The summed E-state index contributed by atoms with van der Waals surface area (Å²) in [4.78, 5) is 0. The van der Waals surface area contributed by atoms with Gasteiger partial charge in [-0.3, -0.25) is 0 Å². The van der Waals surface area contributed by atoms with Crippen LogP contribution in [0.15, 0.2) is 0 Å². The van der Waals surface area contributed by atoms with Crippen LogP contribution in [-0.2, 0) is 14.6 Å². The molecule has 1 aliphatic rings. The van der Waals surface area contributed by atoms with E-state index in [0.29, 0.717) is 11.5 Å². The Morgan fingerprint density at radius 3 is 2.69 bits per heavy atom. The van der Waals surface area contributed by atoms with E-state index in [4.69, 9.17) is 4.74 Å². The summed E-state index contributed by atoms with van der Waals surface area (Å²) in [6, 6.07) is 0.131. The topological polar surface area (TPSA) is 55.4 Å². The van der Waals surface area contributed by atoms with E-state index in [1.54, 1.807) is 7.11 Å². The van der Waals surface area contributed by atoms with E-state index in [9.17, 15) is 8.42 Å². The minimum absolute atomic E-state index is 0.131. The molecule has 0 aliphatic carbocycles. The van der Waals surface area contributed by atoms with Crippen molar-refractivity contribution in [3.8, 4) is 0 Å². The van der Waals surface area contributed by atoms with Crippen LogP contribution in [0.5, 0.6) is 0 Å². The lowest BCUT2D eigenvalue weighted by molar-refractivity contribution is 0.0154. The standard InChI is InChI=1S/C11H23NO3S/c1-11(2,15-3)6-7-12-10-5-4-8-16(13,14)9-10/h10,12H,4-9H2,1-3H3. The molecule has 4 nitrogen and oxygen atoms in total. The Kier molecular flexibility index (Phi) is 4.76. The van der Waals surface area contributed by atoms with Crippen molar-refractivity contribution >= 4 is 9.84 Å². The number of methoxy groups -OCH3 is 1. The van der Waals surface area contributed by atoms with Gasteiger partial charge < -0.3 is 10.1 Å². The van der Waals surface area contributed by atoms with Crippen molar-refractivity contribution < 1.29 is 13.2 Å². The number of ether oxygens (including phenoxy) is 1. The highest BCUT2D eigenvalue weighted by Crippen LogP contribution is 2.14. The second-order valence-electron chi connectivity index (χ2n) is 5.12. The number of hydrogen-bond acceptors (Lipinski definition) is 4. The van der Waals surface area contributed by atoms with Crippen LogP contribution in [0.3, 0.4) is 0 Å². The SMILES string of the molecule is COC(C)(C)CCNC1CCCS(=O)(=O)C1. The van der Waals surface area contributed by atoms with E-state index in [2.05, 4.69) is 5.32 Å². The zero-order valence-electron chi connectivity index (χ0n) is 10.5. The smallest absolute Gasteiger partial charge is 0.151 e. The van der Waals surface area contributed by atoms with Crippen LogP contribution in [0, 0.1) is 0 Å². The van der Waals surface area contributed by atoms with Gasteiger partial charge in [0.05, 0.1) is 17.1 Å². The molecule has 1 fully saturated rings. The van der Waals surface area contributed by atoms with Crippen LogP contribution in [0.25, 0.3) is 0 Å². The highest BCUT2D eigenvalue weighted by atomic mass is 32.2. The fourth-order valence-electron chi connectivity index (χ4n) is 1.86. The Bertz CT molecular complexity index is 311. The van der Waals surface area contributed by atoms with E-state index >= 15 is 0 Å². The van der Waals surface area contributed by atoms with Gasteiger partial charge in [-0.05, 0) is 39.7 Å². The largest absolute Gasteiger partial charge is 0.379 e. The Morgan fingerprint density at radius 2 is 2.12 bits per heavy atom. The fraction of sp³-hybridized carbons (Fsp3) is 1.00. The molecule has 5 heteroatoms. The number of nitrogens with one attached hydrogen (secondary N) is 1. The maximum absolute atomic E-state index is 11.4. The van der Waals surface area contributed by atoms with Gasteiger partial charge >= 0.3 is 0 Å². The van der Waals surface area contributed by atoms with Gasteiger partial charge in [-0.1, -0.05) is 0 Å². The predicted octanol–water partition coefficient (Wildman–Crippen LogP) is 0.968. The lowest BCUT2D eigenvalue weighted by Crippen LogP contribution is -2.42. The molecule has 0 aromatic carbocycles. The first-order chi connectivity index (χ1) is 7.35. The zero-order valence-corrected chi connectivity index (χ0v) is 11.3. The molecule has 0 bridgehead atoms. The molecule has 0 radical (unpaired) electrons. The van der Waals surface area contributed by atoms with Crippen molar-refractivity contribution in [2.24, 2.45) is 0 Å². The third-order valence-corrected chi connectivity index (χ3v) is 5.00. The molecule has 1 unspecified atom stereocenters. The molecule has 96 valence electrons. The minimum Gasteiger partial charge on any atom is -0.379 e. The maximum Gasteiger partial charge on any atom is 0.151 e. The van der Waals surface area contributed by atoms with Crippen molar-refractivity contribution in [1.29, 1.82) is 0 Å². The molecule has 0 spiro atoms. The average molecular weight is 249 g/mol. The summed E-state index contributed by atoms with van der Waals surface area (Å²) in [5, 5.41) is 3.31. The van der Waals surface area contributed by atoms with Gasteiger partial charge in [0, 0.05) is 13.2 Å². The molecule has 0 saturated carbocycles. The van der Waals surface area contributed by atoms with Crippen molar-refractivity contribution in [2.75, 3.05) is 25.2 Å². The molecule has 16 heavy (non-hydrogen) atoms. The molecule has 1 atom stereocenters. The summed E-state index contributed by atoms with van der Waals surface area (Å²) >= 11 is 0. The van der Waals surface area contributed by atoms with E-state index in [0.717, 1.165) is 25.8 Å². The Morgan fingerprint density at radius 1 is 1.44 bits per heavy atom. The first-order valence-electron chi connectivity index (χ1n) is 5.84. The second kappa shape index (κ2) is 5.47. The minimum atomic E-state index is -2.80. The molecular formula is C11H23NO3S. The lowest BCUT2D eigenvalue weighted by atomic mass is 10.0. The Labute approximate surface area is 98.7 Å². The molecule has 1 N–H and O–H groups in total. The van der Waals surface area contributed by atoms with E-state index in [-0.39, 0.29) is 11.6 Å². The van der Waals surface area contributed by atoms with Gasteiger partial charge in [0.2, 0.25) is 0 Å². The van der Waals surface area contributed by atoms with Crippen LogP contribution in [0.2, 0.25) is 0 Å². The van der Waals surface area contributed by atoms with Gasteiger partial charge in [-0.2, -0.15) is 0 Å². The summed E-state index contributed by atoms with van der Waals surface area (Å²) in [5.41, 5.74) is -0.138. The van der Waals surface area contributed by atoms with Crippen LogP contribution >= 0.6 is 0 Å². The molecule has 1 saturated heterocycles. The summed E-state index contributed by atoms with van der Waals surface area (Å²) in [6.07, 6.45) is 2.64. The van der Waals surface area contributed by atoms with Crippen LogP contribution < -0.4 is 5.32 Å². The number of sulfone groups is 1. The van der Waals surface area contributed by atoms with Gasteiger partial charge in [0.15, 0.2) is 9.84 Å². The number of rotatable bonds is 5. The lowest BCUT2D eigenvalue weighted by Gasteiger charge is -2.27. The molecule has 1 aliphatic heterocycles. The van der Waals surface area contributed by atoms with E-state index < -0.39 is 9.84 Å². The van der Waals surface area contributed by atoms with Gasteiger partial charge in [-0.25, -0.2) is 8.42 Å². The monoisotopic (exact) mass is 249 g/mol. The summed E-state index contributed by atoms with van der Waals surface area (Å²) in [5.74, 6) is 0.648. The Hall–Kier alpha value is -0.130. The number of hydrogen-bond donors (Lipinski definition) is 1. The maximum atomic E-state index is 11.4. The summed E-state index contributed by atoms with van der Waals surface area (Å²) < 4.78 is 28.1. The van der Waals surface area contributed by atoms with Gasteiger partial charge in [0.25, 0.3) is 0 Å². The summed E-state index contributed by atoms with van der Waals surface area (Å²) in [7, 11) is -1.10. The molecular weight excluding hydrogens is 226 g/mol. The predicted molar refractivity (Wildman–Crippen MR) is 65.4 cm³/mol. The molecule has 1 rings (SSSR count). The van der Waals surface area contributed by atoms with Crippen LogP contribution in [-0.4, -0.2) is 45.2 Å². The molecule has 0 aromatic heterocycles.